The van der Waals surface area contributed by atoms with Gasteiger partial charge in [0.05, 0.1) is 18.7 Å². The number of aryl methyl sites for hydroxylation is 2. The maximum absolute atomic E-state index is 6.12. The fraction of sp³-hybridized carbons (Fsp3) is 0.474. The van der Waals surface area contributed by atoms with Crippen molar-refractivity contribution < 1.29 is 9.15 Å². The number of fused-ring (bicyclic) bond motifs is 2. The molecule has 6 nitrogen and oxygen atoms in total. The minimum absolute atomic E-state index is 0.0791. The molecule has 1 aliphatic rings. The van der Waals surface area contributed by atoms with Crippen LogP contribution in [0.25, 0.3) is 11.0 Å². The fourth-order valence-electron chi connectivity index (χ4n) is 3.55. The molecule has 0 bridgehead atoms. The van der Waals surface area contributed by atoms with Gasteiger partial charge in [0.2, 0.25) is 0 Å². The highest BCUT2D eigenvalue weighted by Crippen LogP contribution is 2.33. The van der Waals surface area contributed by atoms with Crippen molar-refractivity contribution in [2.45, 2.75) is 52.2 Å². The number of benzene rings is 1. The lowest BCUT2D eigenvalue weighted by Gasteiger charge is -2.25. The monoisotopic (exact) mass is 340 g/mol. The van der Waals surface area contributed by atoms with Gasteiger partial charge in [-0.2, -0.15) is 5.10 Å². The summed E-state index contributed by atoms with van der Waals surface area (Å²) in [6, 6.07) is 8.37. The van der Waals surface area contributed by atoms with Gasteiger partial charge in [-0.05, 0) is 45.7 Å². The normalized spacial score (nSPS) is 18.3. The molecule has 0 unspecified atom stereocenters. The van der Waals surface area contributed by atoms with Crippen LogP contribution in [0.15, 0.2) is 28.7 Å². The number of aromatic nitrogens is 3. The van der Waals surface area contributed by atoms with Crippen molar-refractivity contribution in [3.63, 3.8) is 0 Å². The highest BCUT2D eigenvalue weighted by atomic mass is 16.5. The molecule has 4 rings (SSSR count). The molecule has 2 atom stereocenters. The van der Waals surface area contributed by atoms with Crippen LogP contribution in [0.4, 0.5) is 0 Å². The number of furan rings is 1. The molecular formula is C19H24N4O2. The number of nitrogens with zero attached hydrogens (tertiary/aromatic N) is 3. The minimum atomic E-state index is 0.0791. The Bertz CT molecular complexity index is 883. The summed E-state index contributed by atoms with van der Waals surface area (Å²) in [5, 5.41) is 9.20. The van der Waals surface area contributed by atoms with Crippen LogP contribution in [-0.2, 0) is 6.54 Å². The van der Waals surface area contributed by atoms with Crippen LogP contribution in [-0.4, -0.2) is 21.4 Å². The van der Waals surface area contributed by atoms with E-state index in [0.717, 1.165) is 53.5 Å². The summed E-state index contributed by atoms with van der Waals surface area (Å²) in [5.74, 6) is 3.57. The van der Waals surface area contributed by atoms with Gasteiger partial charge >= 0.3 is 0 Å². The van der Waals surface area contributed by atoms with Gasteiger partial charge in [0.1, 0.15) is 17.4 Å². The zero-order chi connectivity index (χ0) is 17.4. The summed E-state index contributed by atoms with van der Waals surface area (Å²) >= 11 is 0. The molecular weight excluding hydrogens is 316 g/mol. The number of ether oxygens (including phenoxy) is 1. The number of hydrogen-bond donors (Lipinski definition) is 1. The van der Waals surface area contributed by atoms with E-state index in [1.54, 1.807) is 0 Å². The van der Waals surface area contributed by atoms with Crippen LogP contribution in [0.5, 0.6) is 5.75 Å². The Labute approximate surface area is 147 Å². The minimum Gasteiger partial charge on any atom is -0.490 e. The zero-order valence-corrected chi connectivity index (χ0v) is 15.0. The van der Waals surface area contributed by atoms with Crippen molar-refractivity contribution in [1.29, 1.82) is 0 Å². The van der Waals surface area contributed by atoms with Gasteiger partial charge in [-0.1, -0.05) is 12.1 Å². The van der Waals surface area contributed by atoms with E-state index in [9.17, 15) is 0 Å². The molecule has 0 aliphatic carbocycles. The molecule has 0 saturated heterocycles. The lowest BCUT2D eigenvalue weighted by atomic mass is 10.1. The van der Waals surface area contributed by atoms with Gasteiger partial charge in [0.25, 0.3) is 0 Å². The summed E-state index contributed by atoms with van der Waals surface area (Å²) in [4.78, 5) is 4.60. The Hall–Kier alpha value is -2.34. The predicted molar refractivity (Wildman–Crippen MR) is 95.7 cm³/mol. The van der Waals surface area contributed by atoms with Gasteiger partial charge in [-0.15, -0.1) is 0 Å². The van der Waals surface area contributed by atoms with Crippen LogP contribution in [0.3, 0.4) is 0 Å². The molecule has 0 radical (unpaired) electrons. The predicted octanol–water partition coefficient (Wildman–Crippen LogP) is 3.92. The van der Waals surface area contributed by atoms with Crippen LogP contribution in [0.1, 0.15) is 56.2 Å². The number of para-hydroxylation sites is 1. The van der Waals surface area contributed by atoms with Crippen molar-refractivity contribution in [3.05, 3.63) is 41.7 Å². The molecule has 0 saturated carbocycles. The van der Waals surface area contributed by atoms with E-state index in [1.165, 1.54) is 0 Å². The Kier molecular flexibility index (Phi) is 4.21. The Morgan fingerprint density at radius 3 is 3.16 bits per heavy atom. The first kappa shape index (κ1) is 16.1. The molecule has 1 aliphatic heterocycles. The highest BCUT2D eigenvalue weighted by Gasteiger charge is 2.26. The average Bonchev–Trinajstić information content (AvgIpc) is 3.19. The number of rotatable bonds is 5. The van der Waals surface area contributed by atoms with Crippen molar-refractivity contribution >= 4 is 11.0 Å². The summed E-state index contributed by atoms with van der Waals surface area (Å²) in [6.07, 6.45) is 2.17. The summed E-state index contributed by atoms with van der Waals surface area (Å²) in [7, 11) is 0. The topological polar surface area (TPSA) is 65.1 Å². The van der Waals surface area contributed by atoms with E-state index in [-0.39, 0.29) is 12.1 Å². The zero-order valence-electron chi connectivity index (χ0n) is 15.0. The molecule has 0 amide bonds. The van der Waals surface area contributed by atoms with Gasteiger partial charge < -0.3 is 9.15 Å². The quantitative estimate of drug-likeness (QED) is 0.763. The van der Waals surface area contributed by atoms with Crippen molar-refractivity contribution in [2.75, 3.05) is 6.61 Å². The molecule has 3 aromatic rings. The second kappa shape index (κ2) is 6.52. The Balaban J connectivity index is 1.58. The van der Waals surface area contributed by atoms with E-state index >= 15 is 0 Å². The van der Waals surface area contributed by atoms with Gasteiger partial charge in [-0.3, -0.25) is 5.32 Å². The molecule has 6 heteroatoms. The third-order valence-corrected chi connectivity index (χ3v) is 4.69. The first-order chi connectivity index (χ1) is 12.2. The maximum Gasteiger partial charge on any atom is 0.176 e. The van der Waals surface area contributed by atoms with Crippen molar-refractivity contribution in [3.8, 4) is 5.75 Å². The molecule has 132 valence electrons. The molecule has 0 spiro atoms. The van der Waals surface area contributed by atoms with Crippen LogP contribution >= 0.6 is 0 Å². The lowest BCUT2D eigenvalue weighted by Crippen LogP contribution is -2.30. The standard InChI is InChI=1S/C19H24N4O2/c1-4-24-16-9-5-7-14-11-17(25-18(14)16)12(2)20-15-8-6-10-23-19(15)21-13(3)22-23/h5,7,9,11-12,15,20H,4,6,8,10H2,1-3H3/t12-,15+/m0/s1. The first-order valence-electron chi connectivity index (χ1n) is 8.98. The SMILES string of the molecule is CCOc1cccc2cc([C@H](C)N[C@@H]3CCCn4nc(C)nc43)oc12. The Morgan fingerprint density at radius 2 is 2.32 bits per heavy atom. The van der Waals surface area contributed by atoms with Crippen molar-refractivity contribution in [1.82, 2.24) is 20.1 Å². The third-order valence-electron chi connectivity index (χ3n) is 4.69. The second-order valence-corrected chi connectivity index (χ2v) is 6.58. The Morgan fingerprint density at radius 1 is 1.44 bits per heavy atom. The van der Waals surface area contributed by atoms with E-state index in [1.807, 2.05) is 30.7 Å². The van der Waals surface area contributed by atoms with Crippen LogP contribution in [0.2, 0.25) is 0 Å². The van der Waals surface area contributed by atoms with E-state index in [0.29, 0.717) is 6.61 Å². The fourth-order valence-corrected chi connectivity index (χ4v) is 3.55. The number of nitrogens with one attached hydrogen (secondary N) is 1. The third kappa shape index (κ3) is 3.02. The van der Waals surface area contributed by atoms with E-state index in [2.05, 4.69) is 34.5 Å². The van der Waals surface area contributed by atoms with Gasteiger partial charge in [-0.25, -0.2) is 9.67 Å². The van der Waals surface area contributed by atoms with E-state index < -0.39 is 0 Å². The smallest absolute Gasteiger partial charge is 0.176 e. The van der Waals surface area contributed by atoms with E-state index in [4.69, 9.17) is 9.15 Å². The molecule has 1 N–H and O–H groups in total. The first-order valence-corrected chi connectivity index (χ1v) is 8.98. The summed E-state index contributed by atoms with van der Waals surface area (Å²) in [6.45, 7) is 7.62. The maximum atomic E-state index is 6.12. The largest absolute Gasteiger partial charge is 0.490 e. The second-order valence-electron chi connectivity index (χ2n) is 6.58. The van der Waals surface area contributed by atoms with Crippen LogP contribution in [0, 0.1) is 6.92 Å². The molecule has 1 aromatic carbocycles. The summed E-state index contributed by atoms with van der Waals surface area (Å²) in [5.41, 5.74) is 0.815. The molecule has 0 fully saturated rings. The average molecular weight is 340 g/mol. The van der Waals surface area contributed by atoms with Gasteiger partial charge in [0.15, 0.2) is 11.3 Å². The number of hydrogen-bond acceptors (Lipinski definition) is 5. The molecule has 25 heavy (non-hydrogen) atoms. The lowest BCUT2D eigenvalue weighted by molar-refractivity contribution is 0.319. The van der Waals surface area contributed by atoms with Crippen molar-refractivity contribution in [2.24, 2.45) is 0 Å². The summed E-state index contributed by atoms with van der Waals surface area (Å²) < 4.78 is 13.8. The molecule has 2 aromatic heterocycles. The van der Waals surface area contributed by atoms with Gasteiger partial charge in [0, 0.05) is 11.9 Å². The highest BCUT2D eigenvalue weighted by molar-refractivity contribution is 5.83. The van der Waals surface area contributed by atoms with Crippen LogP contribution < -0.4 is 10.1 Å². The molecule has 3 heterocycles.